The molecule has 0 aromatic heterocycles. The van der Waals surface area contributed by atoms with Gasteiger partial charge in [0.05, 0.1) is 6.54 Å². The summed E-state index contributed by atoms with van der Waals surface area (Å²) >= 11 is 0. The minimum atomic E-state index is 0.0522. The van der Waals surface area contributed by atoms with Crippen LogP contribution in [0.3, 0.4) is 0 Å². The van der Waals surface area contributed by atoms with Gasteiger partial charge in [0.25, 0.3) is 0 Å². The molecule has 104 valence electrons. The third kappa shape index (κ3) is 3.96. The first-order chi connectivity index (χ1) is 9.16. The van der Waals surface area contributed by atoms with Crippen molar-refractivity contribution < 1.29 is 4.79 Å². The molecule has 0 bridgehead atoms. The Kier molecular flexibility index (Phi) is 4.80. The third-order valence-electron chi connectivity index (χ3n) is 3.61. The highest BCUT2D eigenvalue weighted by Crippen LogP contribution is 2.18. The number of nitrogens with one attached hydrogen (secondary N) is 3. The zero-order valence-corrected chi connectivity index (χ0v) is 11.8. The summed E-state index contributed by atoms with van der Waals surface area (Å²) in [5.41, 5.74) is 3.41. The SMILES string of the molecule is Cc1cccc(C)c1NCC(=O)NCC1CCCN1. The largest absolute Gasteiger partial charge is 0.376 e. The summed E-state index contributed by atoms with van der Waals surface area (Å²) in [4.78, 5) is 11.8. The molecule has 19 heavy (non-hydrogen) atoms. The second-order valence-electron chi connectivity index (χ2n) is 5.22. The van der Waals surface area contributed by atoms with Crippen molar-refractivity contribution in [3.63, 3.8) is 0 Å². The van der Waals surface area contributed by atoms with Gasteiger partial charge in [-0.25, -0.2) is 0 Å². The molecule has 1 saturated heterocycles. The Hall–Kier alpha value is -1.55. The first kappa shape index (κ1) is 13.9. The molecular weight excluding hydrogens is 238 g/mol. The normalized spacial score (nSPS) is 18.3. The quantitative estimate of drug-likeness (QED) is 0.754. The fraction of sp³-hybridized carbons (Fsp3) is 0.533. The van der Waals surface area contributed by atoms with Gasteiger partial charge in [0.15, 0.2) is 0 Å². The minimum Gasteiger partial charge on any atom is -0.376 e. The van der Waals surface area contributed by atoms with Gasteiger partial charge in [-0.05, 0) is 44.4 Å². The highest BCUT2D eigenvalue weighted by atomic mass is 16.1. The zero-order chi connectivity index (χ0) is 13.7. The molecule has 1 amide bonds. The van der Waals surface area contributed by atoms with E-state index in [9.17, 15) is 4.79 Å². The van der Waals surface area contributed by atoms with Crippen molar-refractivity contribution in [3.05, 3.63) is 29.3 Å². The highest BCUT2D eigenvalue weighted by Gasteiger charge is 2.14. The number of para-hydroxylation sites is 1. The van der Waals surface area contributed by atoms with E-state index in [4.69, 9.17) is 0 Å². The maximum Gasteiger partial charge on any atom is 0.239 e. The number of amides is 1. The molecule has 0 radical (unpaired) electrons. The second-order valence-corrected chi connectivity index (χ2v) is 5.22. The molecule has 0 aliphatic carbocycles. The molecule has 4 heteroatoms. The summed E-state index contributed by atoms with van der Waals surface area (Å²) in [7, 11) is 0. The number of benzene rings is 1. The zero-order valence-electron chi connectivity index (χ0n) is 11.8. The minimum absolute atomic E-state index is 0.0522. The number of hydrogen-bond donors (Lipinski definition) is 3. The Morgan fingerprint density at radius 2 is 2.11 bits per heavy atom. The van der Waals surface area contributed by atoms with Crippen LogP contribution in [-0.2, 0) is 4.79 Å². The molecule has 1 unspecified atom stereocenters. The van der Waals surface area contributed by atoms with Crippen LogP contribution in [0.2, 0.25) is 0 Å². The predicted octanol–water partition coefficient (Wildman–Crippen LogP) is 1.58. The summed E-state index contributed by atoms with van der Waals surface area (Å²) in [5, 5.41) is 9.56. The van der Waals surface area contributed by atoms with Crippen LogP contribution < -0.4 is 16.0 Å². The lowest BCUT2D eigenvalue weighted by Crippen LogP contribution is -2.39. The van der Waals surface area contributed by atoms with Gasteiger partial charge in [0.1, 0.15) is 0 Å². The topological polar surface area (TPSA) is 53.2 Å². The molecule has 1 heterocycles. The maximum absolute atomic E-state index is 11.8. The summed E-state index contributed by atoms with van der Waals surface area (Å²) < 4.78 is 0. The van der Waals surface area contributed by atoms with Crippen LogP contribution in [0.1, 0.15) is 24.0 Å². The van der Waals surface area contributed by atoms with Crippen LogP contribution in [0.25, 0.3) is 0 Å². The summed E-state index contributed by atoms with van der Waals surface area (Å²) in [6.07, 6.45) is 2.37. The number of aryl methyl sites for hydroxylation is 2. The van der Waals surface area contributed by atoms with E-state index in [0.29, 0.717) is 12.6 Å². The van der Waals surface area contributed by atoms with Crippen LogP contribution in [0.5, 0.6) is 0 Å². The molecule has 1 aromatic carbocycles. The van der Waals surface area contributed by atoms with Crippen molar-refractivity contribution in [2.75, 3.05) is 25.0 Å². The van der Waals surface area contributed by atoms with Crippen molar-refractivity contribution >= 4 is 11.6 Å². The molecule has 4 nitrogen and oxygen atoms in total. The predicted molar refractivity (Wildman–Crippen MR) is 78.4 cm³/mol. The van der Waals surface area contributed by atoms with Crippen molar-refractivity contribution in [3.8, 4) is 0 Å². The summed E-state index contributed by atoms with van der Waals surface area (Å²) in [6, 6.07) is 6.58. The van der Waals surface area contributed by atoms with E-state index >= 15 is 0 Å². The Bertz CT molecular complexity index is 419. The fourth-order valence-corrected chi connectivity index (χ4v) is 2.49. The van der Waals surface area contributed by atoms with Crippen LogP contribution >= 0.6 is 0 Å². The van der Waals surface area contributed by atoms with Gasteiger partial charge in [-0.1, -0.05) is 18.2 Å². The molecule has 0 spiro atoms. The maximum atomic E-state index is 11.8. The first-order valence-corrected chi connectivity index (χ1v) is 6.97. The average molecular weight is 261 g/mol. The first-order valence-electron chi connectivity index (χ1n) is 6.97. The Balaban J connectivity index is 1.76. The van der Waals surface area contributed by atoms with Gasteiger partial charge in [-0.15, -0.1) is 0 Å². The summed E-state index contributed by atoms with van der Waals surface area (Å²) in [5.74, 6) is 0.0522. The second kappa shape index (κ2) is 6.57. The highest BCUT2D eigenvalue weighted by molar-refractivity contribution is 5.81. The molecule has 1 aliphatic heterocycles. The molecular formula is C15H23N3O. The van der Waals surface area contributed by atoms with E-state index < -0.39 is 0 Å². The van der Waals surface area contributed by atoms with Gasteiger partial charge >= 0.3 is 0 Å². The van der Waals surface area contributed by atoms with E-state index in [1.807, 2.05) is 6.07 Å². The number of carbonyl (C=O) groups is 1. The molecule has 3 N–H and O–H groups in total. The van der Waals surface area contributed by atoms with E-state index in [0.717, 1.165) is 25.2 Å². The lowest BCUT2D eigenvalue weighted by atomic mass is 10.1. The number of rotatable bonds is 5. The smallest absolute Gasteiger partial charge is 0.239 e. The molecule has 1 aromatic rings. The van der Waals surface area contributed by atoms with Gasteiger partial charge in [-0.2, -0.15) is 0 Å². The van der Waals surface area contributed by atoms with Crippen LogP contribution in [0, 0.1) is 13.8 Å². The standard InChI is InChI=1S/C15H23N3O/c1-11-5-3-6-12(2)15(11)18-10-14(19)17-9-13-7-4-8-16-13/h3,5-6,13,16,18H,4,7-10H2,1-2H3,(H,17,19). The van der Waals surface area contributed by atoms with Crippen LogP contribution in [0.4, 0.5) is 5.69 Å². The lowest BCUT2D eigenvalue weighted by molar-refractivity contribution is -0.119. The molecule has 2 rings (SSSR count). The fourth-order valence-electron chi connectivity index (χ4n) is 2.49. The third-order valence-corrected chi connectivity index (χ3v) is 3.61. The van der Waals surface area contributed by atoms with Crippen molar-refractivity contribution in [2.24, 2.45) is 0 Å². The Morgan fingerprint density at radius 1 is 1.37 bits per heavy atom. The van der Waals surface area contributed by atoms with E-state index in [-0.39, 0.29) is 5.91 Å². The monoisotopic (exact) mass is 261 g/mol. The summed E-state index contributed by atoms with van der Waals surface area (Å²) in [6.45, 7) is 6.23. The molecule has 1 atom stereocenters. The van der Waals surface area contributed by atoms with Crippen LogP contribution in [-0.4, -0.2) is 31.6 Å². The lowest BCUT2D eigenvalue weighted by Gasteiger charge is -2.14. The van der Waals surface area contributed by atoms with Gasteiger partial charge in [-0.3, -0.25) is 4.79 Å². The van der Waals surface area contributed by atoms with Crippen LogP contribution in [0.15, 0.2) is 18.2 Å². The van der Waals surface area contributed by atoms with Crippen molar-refractivity contribution in [1.82, 2.24) is 10.6 Å². The van der Waals surface area contributed by atoms with E-state index in [1.54, 1.807) is 0 Å². The average Bonchev–Trinajstić information content (AvgIpc) is 2.89. The van der Waals surface area contributed by atoms with E-state index in [1.165, 1.54) is 17.5 Å². The van der Waals surface area contributed by atoms with Crippen molar-refractivity contribution in [2.45, 2.75) is 32.7 Å². The number of anilines is 1. The Labute approximate surface area is 115 Å². The molecule has 1 aliphatic rings. The van der Waals surface area contributed by atoms with Gasteiger partial charge < -0.3 is 16.0 Å². The Morgan fingerprint density at radius 3 is 2.74 bits per heavy atom. The molecule has 1 fully saturated rings. The van der Waals surface area contributed by atoms with Gasteiger partial charge in [0.2, 0.25) is 5.91 Å². The number of hydrogen-bond acceptors (Lipinski definition) is 3. The van der Waals surface area contributed by atoms with Gasteiger partial charge in [0, 0.05) is 18.3 Å². The number of carbonyl (C=O) groups excluding carboxylic acids is 1. The van der Waals surface area contributed by atoms with E-state index in [2.05, 4.69) is 41.9 Å². The molecule has 0 saturated carbocycles. The van der Waals surface area contributed by atoms with Crippen molar-refractivity contribution in [1.29, 1.82) is 0 Å².